The predicted molar refractivity (Wildman–Crippen MR) is 93.6 cm³/mol. The van der Waals surface area contributed by atoms with Crippen LogP contribution < -0.4 is 10.1 Å². The van der Waals surface area contributed by atoms with Gasteiger partial charge in [0.05, 0.1) is 11.3 Å². The number of aromatic hydroxyl groups is 1. The average Bonchev–Trinajstić information content (AvgIpc) is 2.99. The van der Waals surface area contributed by atoms with E-state index in [0.29, 0.717) is 16.4 Å². The maximum absolute atomic E-state index is 13.2. The summed E-state index contributed by atoms with van der Waals surface area (Å²) in [5.41, 5.74) is 1.54. The van der Waals surface area contributed by atoms with Crippen molar-refractivity contribution < 1.29 is 19.0 Å². The van der Waals surface area contributed by atoms with E-state index in [2.05, 4.69) is 10.3 Å². The Kier molecular flexibility index (Phi) is 4.95. The van der Waals surface area contributed by atoms with Gasteiger partial charge in [-0.1, -0.05) is 12.1 Å². The summed E-state index contributed by atoms with van der Waals surface area (Å²) < 4.78 is 18.8. The smallest absolute Gasteiger partial charge is 0.261 e. The average molecular weight is 358 g/mol. The SMILES string of the molecule is Cc1csc(NC(=O)c2cc(OCc3cccc(F)c3)ccc2O)n1. The van der Waals surface area contributed by atoms with Crippen molar-refractivity contribution in [1.82, 2.24) is 4.98 Å². The zero-order valence-corrected chi connectivity index (χ0v) is 14.1. The maximum Gasteiger partial charge on any atom is 0.261 e. The van der Waals surface area contributed by atoms with Crippen LogP contribution >= 0.6 is 11.3 Å². The van der Waals surface area contributed by atoms with Crippen LogP contribution in [-0.2, 0) is 6.61 Å². The molecule has 0 atom stereocenters. The molecule has 0 radical (unpaired) electrons. The molecular formula is C18H15FN2O3S. The molecule has 1 heterocycles. The van der Waals surface area contributed by atoms with Crippen LogP contribution in [0.4, 0.5) is 9.52 Å². The second-order valence-corrected chi connectivity index (χ2v) is 6.20. The molecule has 0 saturated heterocycles. The first kappa shape index (κ1) is 16.9. The number of anilines is 1. The van der Waals surface area contributed by atoms with Gasteiger partial charge in [0.1, 0.15) is 23.9 Å². The van der Waals surface area contributed by atoms with Crippen molar-refractivity contribution in [2.45, 2.75) is 13.5 Å². The van der Waals surface area contributed by atoms with E-state index >= 15 is 0 Å². The third-order valence-electron chi connectivity index (χ3n) is 3.35. The quantitative estimate of drug-likeness (QED) is 0.719. The fourth-order valence-corrected chi connectivity index (χ4v) is 2.84. The monoisotopic (exact) mass is 358 g/mol. The molecule has 1 amide bonds. The number of phenols is 1. The molecule has 0 aliphatic carbocycles. The highest BCUT2D eigenvalue weighted by molar-refractivity contribution is 7.13. The van der Waals surface area contributed by atoms with Crippen molar-refractivity contribution in [3.63, 3.8) is 0 Å². The highest BCUT2D eigenvalue weighted by Crippen LogP contribution is 2.25. The molecule has 0 saturated carbocycles. The van der Waals surface area contributed by atoms with E-state index in [9.17, 15) is 14.3 Å². The van der Waals surface area contributed by atoms with E-state index in [4.69, 9.17) is 4.74 Å². The normalized spacial score (nSPS) is 10.5. The Bertz CT molecular complexity index is 911. The summed E-state index contributed by atoms with van der Waals surface area (Å²) >= 11 is 1.30. The van der Waals surface area contributed by atoms with Crippen molar-refractivity contribution in [3.05, 3.63) is 70.5 Å². The van der Waals surface area contributed by atoms with Crippen LogP contribution in [0, 0.1) is 12.7 Å². The number of phenolic OH excluding ortho intramolecular Hbond substituents is 1. The predicted octanol–water partition coefficient (Wildman–Crippen LogP) is 4.13. The standard InChI is InChI=1S/C18H15FN2O3S/c1-11-10-25-18(20-11)21-17(23)15-8-14(5-6-16(15)22)24-9-12-3-2-4-13(19)7-12/h2-8,10,22H,9H2,1H3,(H,20,21,23). The lowest BCUT2D eigenvalue weighted by Crippen LogP contribution is -2.12. The Morgan fingerprint density at radius 3 is 2.88 bits per heavy atom. The van der Waals surface area contributed by atoms with Crippen LogP contribution in [0.5, 0.6) is 11.5 Å². The third-order valence-corrected chi connectivity index (χ3v) is 4.22. The fourth-order valence-electron chi connectivity index (χ4n) is 2.16. The topological polar surface area (TPSA) is 71.5 Å². The minimum atomic E-state index is -0.483. The van der Waals surface area contributed by atoms with Crippen LogP contribution in [0.15, 0.2) is 47.8 Å². The molecule has 3 aromatic rings. The molecule has 25 heavy (non-hydrogen) atoms. The molecule has 0 aliphatic rings. The van der Waals surface area contributed by atoms with Gasteiger partial charge in [-0.2, -0.15) is 0 Å². The van der Waals surface area contributed by atoms with Gasteiger partial charge < -0.3 is 9.84 Å². The summed E-state index contributed by atoms with van der Waals surface area (Å²) in [6.07, 6.45) is 0. The van der Waals surface area contributed by atoms with Gasteiger partial charge in [0.25, 0.3) is 5.91 Å². The van der Waals surface area contributed by atoms with Gasteiger partial charge in [-0.25, -0.2) is 9.37 Å². The molecule has 2 aromatic carbocycles. The van der Waals surface area contributed by atoms with Crippen molar-refractivity contribution in [2.75, 3.05) is 5.32 Å². The Hall–Kier alpha value is -2.93. The van der Waals surface area contributed by atoms with Crippen molar-refractivity contribution in [3.8, 4) is 11.5 Å². The van der Waals surface area contributed by atoms with Crippen LogP contribution in [0.1, 0.15) is 21.6 Å². The van der Waals surface area contributed by atoms with Gasteiger partial charge in [0, 0.05) is 5.38 Å². The molecule has 5 nitrogen and oxygen atoms in total. The van der Waals surface area contributed by atoms with Crippen molar-refractivity contribution in [2.24, 2.45) is 0 Å². The minimum absolute atomic E-state index is 0.0737. The fraction of sp³-hybridized carbons (Fsp3) is 0.111. The zero-order valence-electron chi connectivity index (χ0n) is 13.3. The van der Waals surface area contributed by atoms with Gasteiger partial charge in [0.15, 0.2) is 5.13 Å². The van der Waals surface area contributed by atoms with Crippen LogP contribution in [0.2, 0.25) is 0 Å². The Labute approximate surface area is 147 Å². The van der Waals surface area contributed by atoms with Gasteiger partial charge >= 0.3 is 0 Å². The molecule has 1 aromatic heterocycles. The van der Waals surface area contributed by atoms with Gasteiger partial charge in [-0.15, -0.1) is 11.3 Å². The number of hydrogen-bond donors (Lipinski definition) is 2. The van der Waals surface area contributed by atoms with Crippen molar-refractivity contribution >= 4 is 22.4 Å². The first-order valence-electron chi connectivity index (χ1n) is 7.45. The first-order valence-corrected chi connectivity index (χ1v) is 8.33. The number of carbonyl (C=O) groups excluding carboxylic acids is 1. The lowest BCUT2D eigenvalue weighted by molar-refractivity contribution is 0.102. The zero-order chi connectivity index (χ0) is 17.8. The largest absolute Gasteiger partial charge is 0.507 e. The molecule has 0 unspecified atom stereocenters. The second-order valence-electron chi connectivity index (χ2n) is 5.35. The number of amides is 1. The lowest BCUT2D eigenvalue weighted by Gasteiger charge is -2.09. The minimum Gasteiger partial charge on any atom is -0.507 e. The van der Waals surface area contributed by atoms with E-state index < -0.39 is 5.91 Å². The summed E-state index contributed by atoms with van der Waals surface area (Å²) in [5.74, 6) is -0.597. The van der Waals surface area contributed by atoms with Crippen molar-refractivity contribution in [1.29, 1.82) is 0 Å². The number of rotatable bonds is 5. The number of aromatic nitrogens is 1. The third kappa shape index (κ3) is 4.33. The van der Waals surface area contributed by atoms with Gasteiger partial charge in [0.2, 0.25) is 0 Å². The van der Waals surface area contributed by atoms with E-state index in [0.717, 1.165) is 5.69 Å². The number of hydrogen-bond acceptors (Lipinski definition) is 5. The number of benzene rings is 2. The van der Waals surface area contributed by atoms with Gasteiger partial charge in [-0.05, 0) is 42.8 Å². The van der Waals surface area contributed by atoms with Crippen LogP contribution in [0.25, 0.3) is 0 Å². The second kappa shape index (κ2) is 7.31. The summed E-state index contributed by atoms with van der Waals surface area (Å²) in [4.78, 5) is 16.5. The Balaban J connectivity index is 1.72. The number of nitrogens with zero attached hydrogens (tertiary/aromatic N) is 1. The molecule has 3 rings (SSSR count). The van der Waals surface area contributed by atoms with E-state index in [1.54, 1.807) is 18.2 Å². The van der Waals surface area contributed by atoms with Gasteiger partial charge in [-0.3, -0.25) is 10.1 Å². The molecular weight excluding hydrogens is 343 g/mol. The number of nitrogens with one attached hydrogen (secondary N) is 1. The summed E-state index contributed by atoms with van der Waals surface area (Å²) in [6.45, 7) is 1.97. The first-order chi connectivity index (χ1) is 12.0. The van der Waals surface area contributed by atoms with Crippen LogP contribution in [0.3, 0.4) is 0 Å². The molecule has 7 heteroatoms. The molecule has 0 bridgehead atoms. The number of thiazole rings is 1. The molecule has 0 fully saturated rings. The Morgan fingerprint density at radius 2 is 2.16 bits per heavy atom. The highest BCUT2D eigenvalue weighted by Gasteiger charge is 2.14. The molecule has 128 valence electrons. The molecule has 0 spiro atoms. The van der Waals surface area contributed by atoms with E-state index in [-0.39, 0.29) is 23.7 Å². The number of ether oxygens (including phenoxy) is 1. The molecule has 2 N–H and O–H groups in total. The maximum atomic E-state index is 13.2. The summed E-state index contributed by atoms with van der Waals surface area (Å²) in [7, 11) is 0. The lowest BCUT2D eigenvalue weighted by atomic mass is 10.1. The van der Waals surface area contributed by atoms with E-state index in [1.165, 1.54) is 35.6 Å². The summed E-state index contributed by atoms with van der Waals surface area (Å²) in [6, 6.07) is 10.4. The number of carbonyl (C=O) groups is 1. The number of aryl methyl sites for hydroxylation is 1. The number of halogens is 1. The highest BCUT2D eigenvalue weighted by atomic mass is 32.1. The Morgan fingerprint density at radius 1 is 1.32 bits per heavy atom. The van der Waals surface area contributed by atoms with Crippen LogP contribution in [-0.4, -0.2) is 16.0 Å². The molecule has 0 aliphatic heterocycles. The van der Waals surface area contributed by atoms with E-state index in [1.807, 2.05) is 12.3 Å². The summed E-state index contributed by atoms with van der Waals surface area (Å²) in [5, 5.41) is 14.8.